The topological polar surface area (TPSA) is 63.0 Å². The van der Waals surface area contributed by atoms with Gasteiger partial charge in [-0.15, -0.1) is 0 Å². The van der Waals surface area contributed by atoms with Crippen molar-refractivity contribution in [3.63, 3.8) is 0 Å². The average molecular weight is 264 g/mol. The quantitative estimate of drug-likeness (QED) is 0.618. The number of pyridine rings is 1. The summed E-state index contributed by atoms with van der Waals surface area (Å²) in [5.41, 5.74) is 2.25. The Balaban J connectivity index is 2.97. The fraction of sp³-hybridized carbons (Fsp3) is 0.462. The molecule has 0 saturated heterocycles. The molecule has 1 aromatic rings. The highest BCUT2D eigenvalue weighted by molar-refractivity contribution is 8.00. The molecule has 0 spiro atoms. The molecule has 5 heteroatoms. The molecule has 0 radical (unpaired) electrons. The smallest absolute Gasteiger partial charge is 0.319 e. The molecular formula is C13H16N2O2S. The summed E-state index contributed by atoms with van der Waals surface area (Å²) in [6.07, 6.45) is 0. The number of hydrogen-bond acceptors (Lipinski definition) is 5. The van der Waals surface area contributed by atoms with Crippen LogP contribution in [-0.4, -0.2) is 22.8 Å². The minimum absolute atomic E-state index is 0.285. The third kappa shape index (κ3) is 3.47. The van der Waals surface area contributed by atoms with Crippen LogP contribution in [0, 0.1) is 25.2 Å². The van der Waals surface area contributed by atoms with Crippen molar-refractivity contribution in [2.45, 2.75) is 38.0 Å². The molecule has 1 aromatic heterocycles. The Hall–Kier alpha value is -1.54. The molecule has 0 aliphatic rings. The standard InChI is InChI=1S/C13H16N2O2S/c1-5-17-13(16)10(4)18-12-11(7-14)8(2)6-9(3)15-12/h6,10H,5H2,1-4H3/t10-/m1/s1. The number of rotatable bonds is 4. The summed E-state index contributed by atoms with van der Waals surface area (Å²) >= 11 is 1.26. The summed E-state index contributed by atoms with van der Waals surface area (Å²) in [5, 5.41) is 9.35. The second kappa shape index (κ2) is 6.41. The number of aromatic nitrogens is 1. The molecule has 0 bridgehead atoms. The third-order valence-corrected chi connectivity index (χ3v) is 3.39. The number of hydrogen-bond donors (Lipinski definition) is 0. The maximum Gasteiger partial charge on any atom is 0.319 e. The van der Waals surface area contributed by atoms with Gasteiger partial charge in [-0.1, -0.05) is 11.8 Å². The number of aryl methyl sites for hydroxylation is 2. The Bertz CT molecular complexity index is 494. The maximum absolute atomic E-state index is 11.6. The molecule has 0 aromatic carbocycles. The van der Waals surface area contributed by atoms with Crippen LogP contribution in [-0.2, 0) is 9.53 Å². The van der Waals surface area contributed by atoms with Crippen molar-refractivity contribution in [2.75, 3.05) is 6.61 Å². The zero-order valence-corrected chi connectivity index (χ0v) is 11.8. The summed E-state index contributed by atoms with van der Waals surface area (Å²) in [6.45, 7) is 7.61. The molecule has 4 nitrogen and oxygen atoms in total. The van der Waals surface area contributed by atoms with Gasteiger partial charge in [0.2, 0.25) is 0 Å². The van der Waals surface area contributed by atoms with Crippen LogP contribution >= 0.6 is 11.8 Å². The molecule has 96 valence electrons. The number of thioether (sulfide) groups is 1. The summed E-state index contributed by atoms with van der Waals surface area (Å²) in [6, 6.07) is 3.99. The number of nitriles is 1. The van der Waals surface area contributed by atoms with Crippen LogP contribution in [0.2, 0.25) is 0 Å². The molecule has 1 atom stereocenters. The van der Waals surface area contributed by atoms with Crippen molar-refractivity contribution in [1.29, 1.82) is 5.26 Å². The highest BCUT2D eigenvalue weighted by Crippen LogP contribution is 2.27. The summed E-state index contributed by atoms with van der Waals surface area (Å²) in [4.78, 5) is 15.9. The highest BCUT2D eigenvalue weighted by Gasteiger charge is 2.19. The molecule has 18 heavy (non-hydrogen) atoms. The first-order valence-electron chi connectivity index (χ1n) is 5.71. The Morgan fingerprint density at radius 1 is 1.61 bits per heavy atom. The van der Waals surface area contributed by atoms with Crippen LogP contribution in [0.3, 0.4) is 0 Å². The monoisotopic (exact) mass is 264 g/mol. The summed E-state index contributed by atoms with van der Waals surface area (Å²) < 4.78 is 4.94. The third-order valence-electron chi connectivity index (χ3n) is 2.33. The van der Waals surface area contributed by atoms with Crippen LogP contribution in [0.5, 0.6) is 0 Å². The van der Waals surface area contributed by atoms with Gasteiger partial charge in [0, 0.05) is 5.69 Å². The lowest BCUT2D eigenvalue weighted by atomic mass is 10.1. The van der Waals surface area contributed by atoms with E-state index in [0.717, 1.165) is 11.3 Å². The number of ether oxygens (including phenoxy) is 1. The molecule has 0 N–H and O–H groups in total. The van der Waals surface area contributed by atoms with E-state index in [-0.39, 0.29) is 11.2 Å². The van der Waals surface area contributed by atoms with E-state index < -0.39 is 0 Å². The zero-order chi connectivity index (χ0) is 13.7. The van der Waals surface area contributed by atoms with Crippen LogP contribution in [0.15, 0.2) is 11.1 Å². The van der Waals surface area contributed by atoms with Gasteiger partial charge in [0.15, 0.2) is 0 Å². The SMILES string of the molecule is CCOC(=O)[C@@H](C)Sc1nc(C)cc(C)c1C#N. The van der Waals surface area contributed by atoms with Crippen molar-refractivity contribution < 1.29 is 9.53 Å². The average Bonchev–Trinajstić information content (AvgIpc) is 2.28. The molecule has 1 heterocycles. The van der Waals surface area contributed by atoms with Crippen molar-refractivity contribution in [3.05, 3.63) is 22.9 Å². The van der Waals surface area contributed by atoms with Gasteiger partial charge in [-0.2, -0.15) is 5.26 Å². The van der Waals surface area contributed by atoms with E-state index in [9.17, 15) is 4.79 Å². The largest absolute Gasteiger partial charge is 0.465 e. The second-order valence-electron chi connectivity index (χ2n) is 3.88. The summed E-state index contributed by atoms with van der Waals surface area (Å²) in [7, 11) is 0. The molecule has 0 amide bonds. The fourth-order valence-corrected chi connectivity index (χ4v) is 2.52. The van der Waals surface area contributed by atoms with Gasteiger partial charge >= 0.3 is 5.97 Å². The first-order valence-corrected chi connectivity index (χ1v) is 6.59. The van der Waals surface area contributed by atoms with Crippen molar-refractivity contribution in [1.82, 2.24) is 4.98 Å². The van der Waals surface area contributed by atoms with Crippen molar-refractivity contribution in [2.24, 2.45) is 0 Å². The number of carbonyl (C=O) groups excluding carboxylic acids is 1. The van der Waals surface area contributed by atoms with Crippen LogP contribution in [0.4, 0.5) is 0 Å². The Labute approximate surface area is 111 Å². The van der Waals surface area contributed by atoms with E-state index >= 15 is 0 Å². The Morgan fingerprint density at radius 3 is 2.83 bits per heavy atom. The van der Waals surface area contributed by atoms with Gasteiger partial charge < -0.3 is 4.74 Å². The number of esters is 1. The lowest BCUT2D eigenvalue weighted by Gasteiger charge is -2.12. The molecular weight excluding hydrogens is 248 g/mol. The van der Waals surface area contributed by atoms with E-state index in [1.807, 2.05) is 19.9 Å². The minimum Gasteiger partial charge on any atom is -0.465 e. The predicted molar refractivity (Wildman–Crippen MR) is 70.4 cm³/mol. The Kier molecular flexibility index (Phi) is 5.17. The number of nitrogens with zero attached hydrogens (tertiary/aromatic N) is 2. The van der Waals surface area contributed by atoms with Crippen LogP contribution in [0.25, 0.3) is 0 Å². The van der Waals surface area contributed by atoms with Gasteiger partial charge in [0.05, 0.1) is 12.2 Å². The lowest BCUT2D eigenvalue weighted by molar-refractivity contribution is -0.142. The Morgan fingerprint density at radius 2 is 2.28 bits per heavy atom. The van der Waals surface area contributed by atoms with E-state index in [1.54, 1.807) is 13.8 Å². The predicted octanol–water partition coefficient (Wildman–Crippen LogP) is 2.61. The first-order chi connectivity index (χ1) is 8.49. The van der Waals surface area contributed by atoms with Crippen LogP contribution in [0.1, 0.15) is 30.7 Å². The molecule has 0 fully saturated rings. The van der Waals surface area contributed by atoms with Gasteiger partial charge in [-0.05, 0) is 39.3 Å². The lowest BCUT2D eigenvalue weighted by Crippen LogP contribution is -2.17. The molecule has 0 aliphatic heterocycles. The first kappa shape index (κ1) is 14.5. The minimum atomic E-state index is -0.370. The normalized spacial score (nSPS) is 11.7. The van der Waals surface area contributed by atoms with E-state index in [2.05, 4.69) is 11.1 Å². The molecule has 1 rings (SSSR count). The molecule has 0 saturated carbocycles. The zero-order valence-electron chi connectivity index (χ0n) is 11.0. The highest BCUT2D eigenvalue weighted by atomic mass is 32.2. The second-order valence-corrected chi connectivity index (χ2v) is 5.21. The van der Waals surface area contributed by atoms with Gasteiger partial charge in [0.1, 0.15) is 16.3 Å². The van der Waals surface area contributed by atoms with Gasteiger partial charge in [-0.3, -0.25) is 4.79 Å². The number of carbonyl (C=O) groups is 1. The van der Waals surface area contributed by atoms with E-state index in [1.165, 1.54) is 11.8 Å². The maximum atomic E-state index is 11.6. The van der Waals surface area contributed by atoms with Gasteiger partial charge in [-0.25, -0.2) is 4.98 Å². The van der Waals surface area contributed by atoms with E-state index in [4.69, 9.17) is 10.00 Å². The summed E-state index contributed by atoms with van der Waals surface area (Å²) in [5.74, 6) is -0.285. The van der Waals surface area contributed by atoms with Crippen molar-refractivity contribution >= 4 is 17.7 Å². The fourth-order valence-electron chi connectivity index (χ4n) is 1.50. The molecule has 0 aliphatic carbocycles. The van der Waals surface area contributed by atoms with Gasteiger partial charge in [0.25, 0.3) is 0 Å². The van der Waals surface area contributed by atoms with E-state index in [0.29, 0.717) is 17.2 Å². The van der Waals surface area contributed by atoms with Crippen LogP contribution < -0.4 is 0 Å². The van der Waals surface area contributed by atoms with Crippen molar-refractivity contribution in [3.8, 4) is 6.07 Å². The molecule has 0 unspecified atom stereocenters.